The summed E-state index contributed by atoms with van der Waals surface area (Å²) in [6.07, 6.45) is 1.82. The predicted octanol–water partition coefficient (Wildman–Crippen LogP) is 2.08. The molecule has 0 heterocycles. The molecule has 1 aromatic rings. The summed E-state index contributed by atoms with van der Waals surface area (Å²) < 4.78 is 17.7. The molecule has 1 aromatic carbocycles. The van der Waals surface area contributed by atoms with Crippen LogP contribution in [0, 0.1) is 5.82 Å². The van der Waals surface area contributed by atoms with Gasteiger partial charge in [-0.25, -0.2) is 4.39 Å². The molecule has 0 unspecified atom stereocenters. The Kier molecular flexibility index (Phi) is 7.08. The summed E-state index contributed by atoms with van der Waals surface area (Å²) in [4.78, 5) is 24.9. The van der Waals surface area contributed by atoms with Crippen molar-refractivity contribution < 1.29 is 18.7 Å². The molecule has 0 aliphatic heterocycles. The van der Waals surface area contributed by atoms with E-state index < -0.39 is 5.97 Å². The second-order valence-electron chi connectivity index (χ2n) is 4.11. The molecule has 0 fully saturated rings. The molecule has 4 nitrogen and oxygen atoms in total. The fourth-order valence-corrected chi connectivity index (χ4v) is 2.05. The van der Waals surface area contributed by atoms with Crippen LogP contribution < -0.4 is 0 Å². The average Bonchev–Trinajstić information content (AvgIpc) is 2.41. The topological polar surface area (TPSA) is 46.6 Å². The van der Waals surface area contributed by atoms with Gasteiger partial charge in [-0.1, -0.05) is 12.1 Å². The zero-order chi connectivity index (χ0) is 15.0. The Morgan fingerprint density at radius 3 is 2.50 bits per heavy atom. The lowest BCUT2D eigenvalue weighted by atomic mass is 10.2. The van der Waals surface area contributed by atoms with Gasteiger partial charge in [-0.2, -0.15) is 11.8 Å². The smallest absolute Gasteiger partial charge is 0.325 e. The van der Waals surface area contributed by atoms with Gasteiger partial charge in [0.05, 0.1) is 12.4 Å². The zero-order valence-corrected chi connectivity index (χ0v) is 12.4. The van der Waals surface area contributed by atoms with E-state index in [1.807, 2.05) is 6.26 Å². The van der Waals surface area contributed by atoms with Crippen molar-refractivity contribution in [2.75, 3.05) is 25.2 Å². The highest BCUT2D eigenvalue weighted by molar-refractivity contribution is 7.99. The molecule has 1 rings (SSSR count). The number of rotatable bonds is 7. The first-order chi connectivity index (χ1) is 9.56. The van der Waals surface area contributed by atoms with Crippen molar-refractivity contribution in [3.05, 3.63) is 35.6 Å². The van der Waals surface area contributed by atoms with Crippen LogP contribution in [0.4, 0.5) is 4.39 Å². The minimum absolute atomic E-state index is 0.0926. The van der Waals surface area contributed by atoms with E-state index in [9.17, 15) is 14.0 Å². The first-order valence-electron chi connectivity index (χ1n) is 6.23. The van der Waals surface area contributed by atoms with Crippen LogP contribution in [-0.2, 0) is 20.9 Å². The second kappa shape index (κ2) is 8.58. The quantitative estimate of drug-likeness (QED) is 0.723. The van der Waals surface area contributed by atoms with Gasteiger partial charge in [0.2, 0.25) is 5.91 Å². The van der Waals surface area contributed by atoms with E-state index in [2.05, 4.69) is 0 Å². The van der Waals surface area contributed by atoms with Gasteiger partial charge in [0.15, 0.2) is 0 Å². The zero-order valence-electron chi connectivity index (χ0n) is 11.6. The van der Waals surface area contributed by atoms with Gasteiger partial charge in [0.25, 0.3) is 0 Å². The summed E-state index contributed by atoms with van der Waals surface area (Å²) in [6, 6.07) is 5.85. The van der Waals surface area contributed by atoms with Crippen LogP contribution in [0.25, 0.3) is 0 Å². The van der Waals surface area contributed by atoms with Gasteiger partial charge >= 0.3 is 5.97 Å². The molecule has 20 heavy (non-hydrogen) atoms. The normalized spacial score (nSPS) is 10.2. The SMILES string of the molecule is CCOC(=O)CN(Cc1ccc(F)cc1)C(=O)CSC. The van der Waals surface area contributed by atoms with Crippen LogP contribution in [0.1, 0.15) is 12.5 Å². The fraction of sp³-hybridized carbons (Fsp3) is 0.429. The Morgan fingerprint density at radius 1 is 1.30 bits per heavy atom. The first kappa shape index (κ1) is 16.5. The minimum Gasteiger partial charge on any atom is -0.465 e. The van der Waals surface area contributed by atoms with Crippen LogP contribution in [0.5, 0.6) is 0 Å². The van der Waals surface area contributed by atoms with E-state index in [0.717, 1.165) is 5.56 Å². The molecule has 110 valence electrons. The fourth-order valence-electron chi connectivity index (χ4n) is 1.62. The number of amides is 1. The van der Waals surface area contributed by atoms with E-state index in [-0.39, 0.29) is 31.4 Å². The molecule has 0 N–H and O–H groups in total. The Morgan fingerprint density at radius 2 is 1.95 bits per heavy atom. The number of benzene rings is 1. The standard InChI is InChI=1S/C14H18FNO3S/c1-3-19-14(18)9-16(13(17)10-20-2)8-11-4-6-12(15)7-5-11/h4-7H,3,8-10H2,1-2H3. The Bertz CT molecular complexity index is 450. The van der Waals surface area contributed by atoms with E-state index in [1.165, 1.54) is 28.8 Å². The second-order valence-corrected chi connectivity index (χ2v) is 4.98. The van der Waals surface area contributed by atoms with Crippen molar-refractivity contribution in [1.29, 1.82) is 0 Å². The molecule has 0 bridgehead atoms. The average molecular weight is 299 g/mol. The Labute approximate surface area is 122 Å². The summed E-state index contributed by atoms with van der Waals surface area (Å²) >= 11 is 1.39. The monoisotopic (exact) mass is 299 g/mol. The molecular formula is C14H18FNO3S. The van der Waals surface area contributed by atoms with Gasteiger partial charge in [-0.05, 0) is 30.9 Å². The molecule has 0 radical (unpaired) electrons. The molecule has 1 amide bonds. The molecule has 0 atom stereocenters. The Hall–Kier alpha value is -1.56. The number of carbonyl (C=O) groups is 2. The van der Waals surface area contributed by atoms with Crippen molar-refractivity contribution in [1.82, 2.24) is 4.90 Å². The van der Waals surface area contributed by atoms with Crippen LogP contribution in [0.2, 0.25) is 0 Å². The maximum Gasteiger partial charge on any atom is 0.325 e. The van der Waals surface area contributed by atoms with Crippen LogP contribution in [0.3, 0.4) is 0 Å². The molecule has 0 saturated heterocycles. The number of ether oxygens (including phenoxy) is 1. The number of thioether (sulfide) groups is 1. The summed E-state index contributed by atoms with van der Waals surface area (Å²) in [5.74, 6) is -0.624. The van der Waals surface area contributed by atoms with Crippen molar-refractivity contribution >= 4 is 23.6 Å². The molecule has 0 saturated carbocycles. The molecule has 6 heteroatoms. The van der Waals surface area contributed by atoms with Crippen LogP contribution >= 0.6 is 11.8 Å². The van der Waals surface area contributed by atoms with Crippen molar-refractivity contribution in [3.63, 3.8) is 0 Å². The maximum absolute atomic E-state index is 12.9. The van der Waals surface area contributed by atoms with Gasteiger partial charge in [0, 0.05) is 6.54 Å². The van der Waals surface area contributed by atoms with E-state index in [0.29, 0.717) is 5.75 Å². The highest BCUT2D eigenvalue weighted by atomic mass is 32.2. The molecule has 0 spiro atoms. The van der Waals surface area contributed by atoms with Gasteiger partial charge < -0.3 is 9.64 Å². The van der Waals surface area contributed by atoms with E-state index in [1.54, 1.807) is 19.1 Å². The number of carbonyl (C=O) groups excluding carboxylic acids is 2. The number of nitrogens with zero attached hydrogens (tertiary/aromatic N) is 1. The van der Waals surface area contributed by atoms with Crippen LogP contribution in [-0.4, -0.2) is 41.9 Å². The lowest BCUT2D eigenvalue weighted by Gasteiger charge is -2.21. The highest BCUT2D eigenvalue weighted by Crippen LogP contribution is 2.09. The van der Waals surface area contributed by atoms with Gasteiger partial charge in [0.1, 0.15) is 12.4 Å². The largest absolute Gasteiger partial charge is 0.465 e. The van der Waals surface area contributed by atoms with Crippen molar-refractivity contribution in [2.24, 2.45) is 0 Å². The van der Waals surface area contributed by atoms with E-state index >= 15 is 0 Å². The third-order valence-corrected chi connectivity index (χ3v) is 3.07. The number of hydrogen-bond donors (Lipinski definition) is 0. The Balaban J connectivity index is 2.73. The number of halogens is 1. The summed E-state index contributed by atoms with van der Waals surface area (Å²) in [5, 5.41) is 0. The maximum atomic E-state index is 12.9. The lowest BCUT2D eigenvalue weighted by molar-refractivity contribution is -0.148. The first-order valence-corrected chi connectivity index (χ1v) is 7.63. The third kappa shape index (κ3) is 5.61. The summed E-state index contributed by atoms with van der Waals surface area (Å²) in [5.41, 5.74) is 0.769. The predicted molar refractivity (Wildman–Crippen MR) is 76.8 cm³/mol. The third-order valence-electron chi connectivity index (χ3n) is 2.53. The highest BCUT2D eigenvalue weighted by Gasteiger charge is 2.17. The number of hydrogen-bond acceptors (Lipinski definition) is 4. The molecular weight excluding hydrogens is 281 g/mol. The van der Waals surface area contributed by atoms with Gasteiger partial charge in [-0.15, -0.1) is 0 Å². The van der Waals surface area contributed by atoms with Crippen LogP contribution in [0.15, 0.2) is 24.3 Å². The summed E-state index contributed by atoms with van der Waals surface area (Å²) in [6.45, 7) is 2.16. The minimum atomic E-state index is -0.441. The molecule has 0 aliphatic rings. The summed E-state index contributed by atoms with van der Waals surface area (Å²) in [7, 11) is 0. The molecule has 0 aliphatic carbocycles. The van der Waals surface area contributed by atoms with Crippen molar-refractivity contribution in [2.45, 2.75) is 13.5 Å². The number of esters is 1. The lowest BCUT2D eigenvalue weighted by Crippen LogP contribution is -2.37. The van der Waals surface area contributed by atoms with E-state index in [4.69, 9.17) is 4.74 Å². The molecule has 0 aromatic heterocycles. The van der Waals surface area contributed by atoms with Crippen molar-refractivity contribution in [3.8, 4) is 0 Å². The van der Waals surface area contributed by atoms with Gasteiger partial charge in [-0.3, -0.25) is 9.59 Å².